The van der Waals surface area contributed by atoms with Crippen LogP contribution in [-0.4, -0.2) is 18.1 Å². The van der Waals surface area contributed by atoms with Gasteiger partial charge in [0.05, 0.1) is 22.9 Å². The van der Waals surface area contributed by atoms with Gasteiger partial charge in [0, 0.05) is 4.90 Å². The van der Waals surface area contributed by atoms with Gasteiger partial charge in [0.15, 0.2) is 0 Å². The highest BCUT2D eigenvalue weighted by Gasteiger charge is 2.17. The van der Waals surface area contributed by atoms with Gasteiger partial charge in [0.1, 0.15) is 0 Å². The van der Waals surface area contributed by atoms with E-state index in [1.54, 1.807) is 30.3 Å². The van der Waals surface area contributed by atoms with Crippen LogP contribution in [0.3, 0.4) is 0 Å². The number of thioether (sulfide) groups is 1. The van der Waals surface area contributed by atoms with E-state index in [1.807, 2.05) is 61.7 Å². The topological polar surface area (TPSA) is 58.2 Å². The molecule has 0 aliphatic heterocycles. The number of amides is 2. The molecule has 0 aliphatic rings. The summed E-state index contributed by atoms with van der Waals surface area (Å²) in [5.74, 6) is -0.466. The summed E-state index contributed by atoms with van der Waals surface area (Å²) in [4.78, 5) is 26.5. The van der Waals surface area contributed by atoms with Crippen LogP contribution in [0.2, 0.25) is 0 Å². The molecule has 5 heteroatoms. The van der Waals surface area contributed by atoms with E-state index in [0.717, 1.165) is 10.5 Å². The Morgan fingerprint density at radius 3 is 2.11 bits per heavy atom. The van der Waals surface area contributed by atoms with Crippen LogP contribution in [0, 0.1) is 0 Å². The van der Waals surface area contributed by atoms with E-state index >= 15 is 0 Å². The zero-order chi connectivity index (χ0) is 19.9. The molecule has 0 heterocycles. The van der Waals surface area contributed by atoms with Crippen molar-refractivity contribution in [2.45, 2.75) is 17.9 Å². The summed E-state index contributed by atoms with van der Waals surface area (Å²) in [6.45, 7) is 1.93. The Bertz CT molecular complexity index is 973. The number of benzene rings is 3. The molecule has 1 unspecified atom stereocenters. The van der Waals surface area contributed by atoms with Crippen LogP contribution in [0.4, 0.5) is 5.69 Å². The summed E-state index contributed by atoms with van der Waals surface area (Å²) in [5.41, 5.74) is 2.52. The molecule has 2 N–H and O–H groups in total. The maximum Gasteiger partial charge on any atom is 0.256 e. The minimum atomic E-state index is -0.235. The van der Waals surface area contributed by atoms with Crippen molar-refractivity contribution in [2.24, 2.45) is 0 Å². The second-order valence-electron chi connectivity index (χ2n) is 6.31. The second kappa shape index (κ2) is 9.24. The second-order valence-corrected chi connectivity index (χ2v) is 7.15. The van der Waals surface area contributed by atoms with Crippen molar-refractivity contribution in [3.8, 4) is 0 Å². The molecule has 0 spiro atoms. The van der Waals surface area contributed by atoms with Gasteiger partial charge >= 0.3 is 0 Å². The fourth-order valence-electron chi connectivity index (χ4n) is 2.91. The lowest BCUT2D eigenvalue weighted by molar-refractivity contribution is 0.0941. The molecule has 0 aromatic heterocycles. The van der Waals surface area contributed by atoms with Gasteiger partial charge < -0.3 is 10.6 Å². The highest BCUT2D eigenvalue weighted by molar-refractivity contribution is 7.98. The van der Waals surface area contributed by atoms with E-state index in [4.69, 9.17) is 0 Å². The van der Waals surface area contributed by atoms with Crippen molar-refractivity contribution in [2.75, 3.05) is 11.6 Å². The number of para-hydroxylation sites is 1. The SMILES string of the molecule is CSc1ccccc1C(=O)Nc1ccccc1C(=O)NC(C)c1ccccc1. The van der Waals surface area contributed by atoms with Crippen molar-refractivity contribution >= 4 is 29.3 Å². The number of anilines is 1. The van der Waals surface area contributed by atoms with E-state index < -0.39 is 0 Å². The first kappa shape index (κ1) is 19.7. The Balaban J connectivity index is 1.79. The normalized spacial score (nSPS) is 11.5. The van der Waals surface area contributed by atoms with Crippen LogP contribution in [0.1, 0.15) is 39.2 Å². The number of hydrogen-bond donors (Lipinski definition) is 2. The van der Waals surface area contributed by atoms with Crippen LogP contribution in [0.25, 0.3) is 0 Å². The molecular weight excluding hydrogens is 368 g/mol. The lowest BCUT2D eigenvalue weighted by Crippen LogP contribution is -2.28. The lowest BCUT2D eigenvalue weighted by atomic mass is 10.1. The van der Waals surface area contributed by atoms with Crippen molar-refractivity contribution in [1.29, 1.82) is 0 Å². The smallest absolute Gasteiger partial charge is 0.256 e. The lowest BCUT2D eigenvalue weighted by Gasteiger charge is -2.16. The first-order valence-electron chi connectivity index (χ1n) is 8.99. The number of nitrogens with one attached hydrogen (secondary N) is 2. The molecule has 4 nitrogen and oxygen atoms in total. The van der Waals surface area contributed by atoms with Crippen LogP contribution in [0.15, 0.2) is 83.8 Å². The Labute approximate surface area is 169 Å². The highest BCUT2D eigenvalue weighted by Crippen LogP contribution is 2.23. The number of carbonyl (C=O) groups excluding carboxylic acids is 2. The van der Waals surface area contributed by atoms with Gasteiger partial charge in [-0.3, -0.25) is 9.59 Å². The predicted octanol–water partition coefficient (Wildman–Crippen LogP) is 5.15. The summed E-state index contributed by atoms with van der Waals surface area (Å²) in [6, 6.07) is 24.1. The maximum atomic E-state index is 12.8. The third-order valence-electron chi connectivity index (χ3n) is 4.42. The Morgan fingerprint density at radius 1 is 0.786 bits per heavy atom. The van der Waals surface area contributed by atoms with E-state index in [9.17, 15) is 9.59 Å². The third-order valence-corrected chi connectivity index (χ3v) is 5.21. The highest BCUT2D eigenvalue weighted by atomic mass is 32.2. The van der Waals surface area contributed by atoms with Crippen LogP contribution in [-0.2, 0) is 0 Å². The number of rotatable bonds is 6. The van der Waals surface area contributed by atoms with Gasteiger partial charge in [0.2, 0.25) is 0 Å². The Hall–Kier alpha value is -3.05. The summed E-state index contributed by atoms with van der Waals surface area (Å²) >= 11 is 1.51. The molecule has 142 valence electrons. The number of carbonyl (C=O) groups is 2. The Kier molecular flexibility index (Phi) is 6.50. The third kappa shape index (κ3) is 4.61. The summed E-state index contributed by atoms with van der Waals surface area (Å²) in [6.07, 6.45) is 1.93. The van der Waals surface area contributed by atoms with Crippen LogP contribution >= 0.6 is 11.8 Å². The largest absolute Gasteiger partial charge is 0.345 e. The van der Waals surface area contributed by atoms with E-state index in [0.29, 0.717) is 16.8 Å². The molecule has 3 rings (SSSR count). The van der Waals surface area contributed by atoms with Crippen LogP contribution < -0.4 is 10.6 Å². The number of hydrogen-bond acceptors (Lipinski definition) is 3. The molecule has 0 aliphatic carbocycles. The molecule has 2 amide bonds. The van der Waals surface area contributed by atoms with Gasteiger partial charge in [-0.25, -0.2) is 0 Å². The molecular formula is C23H22N2O2S. The summed E-state index contributed by atoms with van der Waals surface area (Å²) in [5, 5.41) is 5.88. The fourth-order valence-corrected chi connectivity index (χ4v) is 3.51. The van der Waals surface area contributed by atoms with Gasteiger partial charge in [-0.05, 0) is 43.0 Å². The van der Waals surface area contributed by atoms with Gasteiger partial charge in [-0.2, -0.15) is 0 Å². The van der Waals surface area contributed by atoms with Crippen LogP contribution in [0.5, 0.6) is 0 Å². The molecule has 0 fully saturated rings. The maximum absolute atomic E-state index is 12.8. The van der Waals surface area contributed by atoms with Gasteiger partial charge in [0.25, 0.3) is 11.8 Å². The summed E-state index contributed by atoms with van der Waals surface area (Å²) in [7, 11) is 0. The minimum absolute atomic E-state index is 0.144. The molecule has 0 bridgehead atoms. The molecule has 0 saturated heterocycles. The molecule has 1 atom stereocenters. The van der Waals surface area contributed by atoms with E-state index in [1.165, 1.54) is 11.8 Å². The molecule has 28 heavy (non-hydrogen) atoms. The first-order chi connectivity index (χ1) is 13.6. The molecule has 0 radical (unpaired) electrons. The van der Waals surface area contributed by atoms with Gasteiger partial charge in [-0.1, -0.05) is 54.6 Å². The Morgan fingerprint density at radius 2 is 1.39 bits per heavy atom. The van der Waals surface area contributed by atoms with Crippen molar-refractivity contribution in [3.05, 3.63) is 95.6 Å². The van der Waals surface area contributed by atoms with Crippen molar-refractivity contribution in [3.63, 3.8) is 0 Å². The summed E-state index contributed by atoms with van der Waals surface area (Å²) < 4.78 is 0. The van der Waals surface area contributed by atoms with Gasteiger partial charge in [-0.15, -0.1) is 11.8 Å². The fraction of sp³-hybridized carbons (Fsp3) is 0.130. The van der Waals surface area contributed by atoms with Crippen molar-refractivity contribution in [1.82, 2.24) is 5.32 Å². The van der Waals surface area contributed by atoms with E-state index in [2.05, 4.69) is 10.6 Å². The quantitative estimate of drug-likeness (QED) is 0.572. The zero-order valence-corrected chi connectivity index (χ0v) is 16.6. The minimum Gasteiger partial charge on any atom is -0.345 e. The molecule has 3 aromatic rings. The molecule has 0 saturated carbocycles. The standard InChI is InChI=1S/C23H22N2O2S/c1-16(17-10-4-3-5-11-17)24-22(26)18-12-6-8-14-20(18)25-23(27)19-13-7-9-15-21(19)28-2/h3-16H,1-2H3,(H,24,26)(H,25,27). The first-order valence-corrected chi connectivity index (χ1v) is 10.2. The predicted molar refractivity (Wildman–Crippen MR) is 115 cm³/mol. The monoisotopic (exact) mass is 390 g/mol. The zero-order valence-electron chi connectivity index (χ0n) is 15.8. The average molecular weight is 391 g/mol. The average Bonchev–Trinajstić information content (AvgIpc) is 2.74. The molecule has 3 aromatic carbocycles. The van der Waals surface area contributed by atoms with E-state index in [-0.39, 0.29) is 17.9 Å². The van der Waals surface area contributed by atoms with Crippen molar-refractivity contribution < 1.29 is 9.59 Å².